The quantitative estimate of drug-likeness (QED) is 0.121. The van der Waals surface area contributed by atoms with Crippen molar-refractivity contribution in [3.63, 3.8) is 0 Å². The van der Waals surface area contributed by atoms with E-state index in [2.05, 4.69) is 66.4 Å². The van der Waals surface area contributed by atoms with E-state index in [1.54, 1.807) is 0 Å². The summed E-state index contributed by atoms with van der Waals surface area (Å²) in [7, 11) is 0. The van der Waals surface area contributed by atoms with Crippen LogP contribution >= 0.6 is 0 Å². The fourth-order valence-electron chi connectivity index (χ4n) is 5.85. The molecule has 1 aliphatic rings. The summed E-state index contributed by atoms with van der Waals surface area (Å²) in [4.78, 5) is 5.13. The first-order chi connectivity index (χ1) is 18.4. The maximum absolute atomic E-state index is 2.62. The Balaban J connectivity index is 1.48. The summed E-state index contributed by atoms with van der Waals surface area (Å²) in [6.07, 6.45) is 37.7. The van der Waals surface area contributed by atoms with Gasteiger partial charge in [0.05, 0.1) is 0 Å². The van der Waals surface area contributed by atoms with E-state index in [1.807, 2.05) is 0 Å². The SMILES string of the molecule is CCCCCCCCCCCCCCCCCCCN1C=CN(c2ccccc2)C1CCCCCCC. The number of nitrogens with zero attached hydrogens (tertiary/aromatic N) is 2. The number of benzene rings is 1. The highest BCUT2D eigenvalue weighted by Crippen LogP contribution is 2.28. The fourth-order valence-corrected chi connectivity index (χ4v) is 5.85. The van der Waals surface area contributed by atoms with Crippen molar-refractivity contribution in [2.45, 2.75) is 168 Å². The molecule has 1 aliphatic heterocycles. The van der Waals surface area contributed by atoms with Gasteiger partial charge < -0.3 is 9.80 Å². The van der Waals surface area contributed by atoms with Crippen molar-refractivity contribution >= 4 is 5.69 Å². The molecule has 2 rings (SSSR count). The summed E-state index contributed by atoms with van der Waals surface area (Å²) >= 11 is 0. The highest BCUT2D eigenvalue weighted by Gasteiger charge is 2.26. The average Bonchev–Trinajstić information content (AvgIpc) is 3.33. The van der Waals surface area contributed by atoms with E-state index >= 15 is 0 Å². The van der Waals surface area contributed by atoms with Gasteiger partial charge in [-0.3, -0.25) is 0 Å². The molecule has 0 amide bonds. The first-order valence-electron chi connectivity index (χ1n) is 16.6. The van der Waals surface area contributed by atoms with Crippen LogP contribution in [-0.2, 0) is 0 Å². The van der Waals surface area contributed by atoms with Gasteiger partial charge in [0, 0.05) is 24.6 Å². The van der Waals surface area contributed by atoms with Crippen molar-refractivity contribution < 1.29 is 0 Å². The van der Waals surface area contributed by atoms with Crippen LogP contribution in [0.4, 0.5) is 5.69 Å². The zero-order valence-electron chi connectivity index (χ0n) is 25.0. The lowest BCUT2D eigenvalue weighted by molar-refractivity contribution is 0.273. The predicted octanol–water partition coefficient (Wildman–Crippen LogP) is 11.6. The first-order valence-corrected chi connectivity index (χ1v) is 16.6. The van der Waals surface area contributed by atoms with Crippen LogP contribution in [0.5, 0.6) is 0 Å². The summed E-state index contributed by atoms with van der Waals surface area (Å²) < 4.78 is 0. The van der Waals surface area contributed by atoms with E-state index in [1.165, 1.54) is 160 Å². The molecule has 1 atom stereocenters. The number of anilines is 1. The Bertz CT molecular complexity index is 640. The minimum Gasteiger partial charge on any atom is -0.356 e. The largest absolute Gasteiger partial charge is 0.356 e. The molecular weight excluding hydrogens is 448 g/mol. The van der Waals surface area contributed by atoms with Crippen molar-refractivity contribution in [1.82, 2.24) is 4.90 Å². The maximum Gasteiger partial charge on any atom is 0.105 e. The van der Waals surface area contributed by atoms with E-state index in [0.717, 1.165) is 0 Å². The Labute approximate surface area is 232 Å². The molecule has 0 saturated carbocycles. The number of unbranched alkanes of at least 4 members (excludes halogenated alkanes) is 20. The molecule has 1 aromatic rings. The molecule has 37 heavy (non-hydrogen) atoms. The second kappa shape index (κ2) is 22.5. The van der Waals surface area contributed by atoms with Gasteiger partial charge in [0.2, 0.25) is 0 Å². The van der Waals surface area contributed by atoms with E-state index in [4.69, 9.17) is 0 Å². The lowest BCUT2D eigenvalue weighted by Gasteiger charge is -2.33. The van der Waals surface area contributed by atoms with Crippen LogP contribution in [0, 0.1) is 0 Å². The smallest absolute Gasteiger partial charge is 0.105 e. The molecule has 1 aromatic carbocycles. The average molecular weight is 511 g/mol. The van der Waals surface area contributed by atoms with Gasteiger partial charge in [-0.1, -0.05) is 160 Å². The van der Waals surface area contributed by atoms with Crippen molar-refractivity contribution in [3.8, 4) is 0 Å². The molecule has 0 N–H and O–H groups in total. The van der Waals surface area contributed by atoms with Crippen molar-refractivity contribution in [2.24, 2.45) is 0 Å². The molecule has 2 nitrogen and oxygen atoms in total. The van der Waals surface area contributed by atoms with Crippen molar-refractivity contribution in [3.05, 3.63) is 42.7 Å². The molecule has 0 bridgehead atoms. The van der Waals surface area contributed by atoms with E-state index in [0.29, 0.717) is 6.17 Å². The van der Waals surface area contributed by atoms with Gasteiger partial charge >= 0.3 is 0 Å². The van der Waals surface area contributed by atoms with Gasteiger partial charge in [0.15, 0.2) is 0 Å². The van der Waals surface area contributed by atoms with Crippen LogP contribution in [-0.4, -0.2) is 17.6 Å². The predicted molar refractivity (Wildman–Crippen MR) is 166 cm³/mol. The summed E-state index contributed by atoms with van der Waals surface area (Å²) in [5.41, 5.74) is 1.34. The summed E-state index contributed by atoms with van der Waals surface area (Å²) in [5.74, 6) is 0. The molecule has 212 valence electrons. The molecule has 1 unspecified atom stereocenters. The number of para-hydroxylation sites is 1. The zero-order valence-corrected chi connectivity index (χ0v) is 25.0. The summed E-state index contributed by atoms with van der Waals surface area (Å²) in [6, 6.07) is 11.0. The first kappa shape index (κ1) is 31.8. The number of hydrogen-bond acceptors (Lipinski definition) is 2. The molecule has 2 heteroatoms. The minimum atomic E-state index is 0.505. The second-order valence-electron chi connectivity index (χ2n) is 11.6. The molecule has 1 heterocycles. The molecule has 0 aromatic heterocycles. The van der Waals surface area contributed by atoms with Crippen LogP contribution in [0.25, 0.3) is 0 Å². The van der Waals surface area contributed by atoms with Crippen molar-refractivity contribution in [1.29, 1.82) is 0 Å². The highest BCUT2D eigenvalue weighted by atomic mass is 15.4. The second-order valence-corrected chi connectivity index (χ2v) is 11.6. The van der Waals surface area contributed by atoms with Gasteiger partial charge in [-0.25, -0.2) is 0 Å². The third-order valence-electron chi connectivity index (χ3n) is 8.26. The monoisotopic (exact) mass is 510 g/mol. The minimum absolute atomic E-state index is 0.505. The maximum atomic E-state index is 2.62. The molecule has 0 saturated heterocycles. The Kier molecular flexibility index (Phi) is 19.4. The van der Waals surface area contributed by atoms with Gasteiger partial charge in [0.1, 0.15) is 6.17 Å². The Hall–Kier alpha value is -1.44. The Morgan fingerprint density at radius 3 is 1.41 bits per heavy atom. The lowest BCUT2D eigenvalue weighted by atomic mass is 10.0. The fraction of sp³-hybridized carbons (Fsp3) is 0.771. The van der Waals surface area contributed by atoms with E-state index in [9.17, 15) is 0 Å². The van der Waals surface area contributed by atoms with Crippen LogP contribution in [0.1, 0.15) is 162 Å². The Morgan fingerprint density at radius 2 is 0.919 bits per heavy atom. The van der Waals surface area contributed by atoms with Gasteiger partial charge in [-0.05, 0) is 31.4 Å². The number of hydrogen-bond donors (Lipinski definition) is 0. The van der Waals surface area contributed by atoms with Gasteiger partial charge in [-0.15, -0.1) is 0 Å². The molecular formula is C35H62N2. The number of rotatable bonds is 25. The lowest BCUT2D eigenvalue weighted by Crippen LogP contribution is -2.39. The van der Waals surface area contributed by atoms with Crippen LogP contribution in [0.15, 0.2) is 42.7 Å². The van der Waals surface area contributed by atoms with Crippen LogP contribution in [0.2, 0.25) is 0 Å². The molecule has 0 radical (unpaired) electrons. The highest BCUT2D eigenvalue weighted by molar-refractivity contribution is 5.51. The van der Waals surface area contributed by atoms with E-state index < -0.39 is 0 Å². The van der Waals surface area contributed by atoms with Gasteiger partial charge in [0.25, 0.3) is 0 Å². The summed E-state index contributed by atoms with van der Waals surface area (Å²) in [6.45, 7) is 5.81. The third kappa shape index (κ3) is 14.9. The zero-order chi connectivity index (χ0) is 26.2. The Morgan fingerprint density at radius 1 is 0.486 bits per heavy atom. The van der Waals surface area contributed by atoms with Gasteiger partial charge in [-0.2, -0.15) is 0 Å². The third-order valence-corrected chi connectivity index (χ3v) is 8.26. The molecule has 0 aliphatic carbocycles. The van der Waals surface area contributed by atoms with Crippen molar-refractivity contribution in [2.75, 3.05) is 11.4 Å². The standard InChI is InChI=1S/C35H62N2/c1-3-5-7-9-10-11-12-13-14-15-16-17-18-19-20-22-27-31-36-32-33-37(34-28-24-23-25-29-34)35(36)30-26-21-8-6-4-2/h23-25,28-29,32-33,35H,3-22,26-27,30-31H2,1-2H3. The summed E-state index contributed by atoms with van der Waals surface area (Å²) in [5, 5.41) is 0. The molecule has 0 spiro atoms. The van der Waals surface area contributed by atoms with Crippen LogP contribution in [0.3, 0.4) is 0 Å². The molecule has 0 fully saturated rings. The van der Waals surface area contributed by atoms with E-state index in [-0.39, 0.29) is 0 Å². The van der Waals surface area contributed by atoms with Crippen LogP contribution < -0.4 is 4.90 Å². The topological polar surface area (TPSA) is 6.48 Å². The normalized spacial score (nSPS) is 15.2.